The SMILES string of the molecule is CCN(Cc1ccccc1)C(=O)CNC(=NC)NC1CCN(Cc2ccccc2)C(C)C1. The number of piperidine rings is 1. The van der Waals surface area contributed by atoms with Crippen LogP contribution < -0.4 is 10.6 Å². The molecule has 0 spiro atoms. The van der Waals surface area contributed by atoms with Crippen molar-refractivity contribution in [3.8, 4) is 0 Å². The molecule has 3 rings (SSSR count). The maximum atomic E-state index is 12.7. The summed E-state index contributed by atoms with van der Waals surface area (Å²) in [4.78, 5) is 21.5. The Balaban J connectivity index is 1.44. The molecule has 1 fully saturated rings. The number of rotatable bonds is 8. The maximum Gasteiger partial charge on any atom is 0.242 e. The lowest BCUT2D eigenvalue weighted by Crippen LogP contribution is -2.52. The molecule has 1 saturated heterocycles. The fourth-order valence-corrected chi connectivity index (χ4v) is 4.24. The molecule has 1 aliphatic rings. The normalized spacial score (nSPS) is 19.4. The van der Waals surface area contributed by atoms with E-state index in [9.17, 15) is 4.79 Å². The number of hydrogen-bond donors (Lipinski definition) is 2. The van der Waals surface area contributed by atoms with Gasteiger partial charge in [0.05, 0.1) is 6.54 Å². The van der Waals surface area contributed by atoms with Crippen LogP contribution in [0.5, 0.6) is 0 Å². The van der Waals surface area contributed by atoms with Crippen molar-refractivity contribution in [2.75, 3.05) is 26.7 Å². The van der Waals surface area contributed by atoms with Crippen LogP contribution in [0.3, 0.4) is 0 Å². The van der Waals surface area contributed by atoms with Crippen LogP contribution in [0.25, 0.3) is 0 Å². The molecule has 2 unspecified atom stereocenters. The molecule has 2 aromatic carbocycles. The van der Waals surface area contributed by atoms with Gasteiger partial charge in [-0.05, 0) is 37.8 Å². The number of amides is 1. The molecule has 0 saturated carbocycles. The zero-order valence-corrected chi connectivity index (χ0v) is 19.6. The van der Waals surface area contributed by atoms with Crippen molar-refractivity contribution in [3.63, 3.8) is 0 Å². The van der Waals surface area contributed by atoms with E-state index in [1.807, 2.05) is 30.0 Å². The molecule has 2 atom stereocenters. The standard InChI is InChI=1S/C26H37N5O/c1-4-30(19-22-11-7-5-8-12-22)25(32)18-28-26(27-3)29-24-15-16-31(21(2)17-24)20-23-13-9-6-10-14-23/h5-14,21,24H,4,15-20H2,1-3H3,(H2,27,28,29). The van der Waals surface area contributed by atoms with E-state index in [4.69, 9.17) is 0 Å². The van der Waals surface area contributed by atoms with Gasteiger partial charge in [-0.2, -0.15) is 0 Å². The number of carbonyl (C=O) groups is 1. The summed E-state index contributed by atoms with van der Waals surface area (Å²) in [7, 11) is 1.76. The van der Waals surface area contributed by atoms with Gasteiger partial charge in [0.1, 0.15) is 0 Å². The van der Waals surface area contributed by atoms with E-state index in [0.29, 0.717) is 31.1 Å². The molecule has 6 nitrogen and oxygen atoms in total. The monoisotopic (exact) mass is 435 g/mol. The second kappa shape index (κ2) is 12.2. The first-order valence-corrected chi connectivity index (χ1v) is 11.7. The molecule has 172 valence electrons. The van der Waals surface area contributed by atoms with E-state index in [2.05, 4.69) is 69.9 Å². The van der Waals surface area contributed by atoms with Crippen LogP contribution in [-0.2, 0) is 17.9 Å². The summed E-state index contributed by atoms with van der Waals surface area (Å²) in [5, 5.41) is 6.74. The van der Waals surface area contributed by atoms with Crippen LogP contribution >= 0.6 is 0 Å². The van der Waals surface area contributed by atoms with Gasteiger partial charge in [0.2, 0.25) is 5.91 Å². The molecular formula is C26H37N5O. The molecule has 1 amide bonds. The van der Waals surface area contributed by atoms with Crippen molar-refractivity contribution >= 4 is 11.9 Å². The summed E-state index contributed by atoms with van der Waals surface area (Å²) < 4.78 is 0. The molecule has 0 aliphatic carbocycles. The second-order valence-electron chi connectivity index (χ2n) is 8.49. The van der Waals surface area contributed by atoms with Gasteiger partial charge in [-0.25, -0.2) is 0 Å². The molecule has 0 bridgehead atoms. The van der Waals surface area contributed by atoms with E-state index < -0.39 is 0 Å². The number of aliphatic imine (C=N–C) groups is 1. The highest BCUT2D eigenvalue weighted by molar-refractivity contribution is 5.86. The molecule has 0 radical (unpaired) electrons. The van der Waals surface area contributed by atoms with Gasteiger partial charge in [-0.1, -0.05) is 60.7 Å². The van der Waals surface area contributed by atoms with E-state index in [1.165, 1.54) is 5.56 Å². The first kappa shape index (κ1) is 23.8. The Hall–Kier alpha value is -2.86. The second-order valence-corrected chi connectivity index (χ2v) is 8.49. The van der Waals surface area contributed by atoms with Crippen molar-refractivity contribution in [2.24, 2.45) is 4.99 Å². The van der Waals surface area contributed by atoms with Crippen molar-refractivity contribution in [1.29, 1.82) is 0 Å². The number of benzene rings is 2. The quantitative estimate of drug-likeness (QED) is 0.494. The van der Waals surface area contributed by atoms with Gasteiger partial charge >= 0.3 is 0 Å². The molecule has 0 aromatic heterocycles. The molecule has 1 heterocycles. The number of guanidine groups is 1. The first-order valence-electron chi connectivity index (χ1n) is 11.7. The van der Waals surface area contributed by atoms with Crippen molar-refractivity contribution in [3.05, 3.63) is 71.8 Å². The summed E-state index contributed by atoms with van der Waals surface area (Å²) in [6.45, 7) is 7.88. The third-order valence-electron chi connectivity index (χ3n) is 6.16. The minimum atomic E-state index is 0.0744. The number of likely N-dealkylation sites (tertiary alicyclic amines) is 1. The molecule has 32 heavy (non-hydrogen) atoms. The zero-order chi connectivity index (χ0) is 22.8. The van der Waals surface area contributed by atoms with Gasteiger partial charge in [0.15, 0.2) is 5.96 Å². The van der Waals surface area contributed by atoms with Crippen molar-refractivity contribution in [1.82, 2.24) is 20.4 Å². The van der Waals surface area contributed by atoms with Gasteiger partial charge in [0.25, 0.3) is 0 Å². The third-order valence-corrected chi connectivity index (χ3v) is 6.16. The highest BCUT2D eigenvalue weighted by atomic mass is 16.2. The molecule has 2 aromatic rings. The Morgan fingerprint density at radius 2 is 1.75 bits per heavy atom. The maximum absolute atomic E-state index is 12.7. The van der Waals surface area contributed by atoms with Crippen LogP contribution in [0.2, 0.25) is 0 Å². The van der Waals surface area contributed by atoms with E-state index >= 15 is 0 Å². The third kappa shape index (κ3) is 7.09. The van der Waals surface area contributed by atoms with Gasteiger partial charge in [-0.15, -0.1) is 0 Å². The Bertz CT molecular complexity index is 855. The number of carbonyl (C=O) groups excluding carboxylic acids is 1. The number of nitrogens with one attached hydrogen (secondary N) is 2. The lowest BCUT2D eigenvalue weighted by atomic mass is 9.97. The molecule has 6 heteroatoms. The molecular weight excluding hydrogens is 398 g/mol. The van der Waals surface area contributed by atoms with E-state index in [-0.39, 0.29) is 12.5 Å². The topological polar surface area (TPSA) is 60.0 Å². The number of hydrogen-bond acceptors (Lipinski definition) is 3. The summed E-state index contributed by atoms with van der Waals surface area (Å²) in [5.41, 5.74) is 2.50. The molecule has 1 aliphatic heterocycles. The molecule has 2 N–H and O–H groups in total. The average molecular weight is 436 g/mol. The minimum absolute atomic E-state index is 0.0744. The Morgan fingerprint density at radius 3 is 2.34 bits per heavy atom. The van der Waals surface area contributed by atoms with Crippen LogP contribution in [0, 0.1) is 0 Å². The van der Waals surface area contributed by atoms with E-state index in [1.54, 1.807) is 7.05 Å². The first-order chi connectivity index (χ1) is 15.6. The summed E-state index contributed by atoms with van der Waals surface area (Å²) in [6.07, 6.45) is 2.11. The highest BCUT2D eigenvalue weighted by Gasteiger charge is 2.26. The van der Waals surface area contributed by atoms with Crippen LogP contribution in [0.4, 0.5) is 0 Å². The minimum Gasteiger partial charge on any atom is -0.354 e. The zero-order valence-electron chi connectivity index (χ0n) is 19.6. The largest absolute Gasteiger partial charge is 0.354 e. The summed E-state index contributed by atoms with van der Waals surface area (Å²) in [5.74, 6) is 0.771. The van der Waals surface area contributed by atoms with Gasteiger partial charge < -0.3 is 15.5 Å². The highest BCUT2D eigenvalue weighted by Crippen LogP contribution is 2.19. The fourth-order valence-electron chi connectivity index (χ4n) is 4.24. The average Bonchev–Trinajstić information content (AvgIpc) is 2.83. The Kier molecular flexibility index (Phi) is 9.11. The van der Waals surface area contributed by atoms with Crippen molar-refractivity contribution in [2.45, 2.75) is 51.9 Å². The smallest absolute Gasteiger partial charge is 0.242 e. The van der Waals surface area contributed by atoms with E-state index in [0.717, 1.165) is 31.5 Å². The number of likely N-dealkylation sites (N-methyl/N-ethyl adjacent to an activating group) is 1. The predicted molar refractivity (Wildman–Crippen MR) is 131 cm³/mol. The Labute approximate surface area is 192 Å². The number of nitrogens with zero attached hydrogens (tertiary/aromatic N) is 3. The van der Waals surface area contributed by atoms with Crippen LogP contribution in [-0.4, -0.2) is 60.4 Å². The van der Waals surface area contributed by atoms with Crippen LogP contribution in [0.15, 0.2) is 65.7 Å². The Morgan fingerprint density at radius 1 is 1.09 bits per heavy atom. The summed E-state index contributed by atoms with van der Waals surface area (Å²) >= 11 is 0. The lowest BCUT2D eigenvalue weighted by molar-refractivity contribution is -0.130. The summed E-state index contributed by atoms with van der Waals surface area (Å²) in [6, 6.07) is 21.6. The van der Waals surface area contributed by atoms with Crippen LogP contribution in [0.1, 0.15) is 37.8 Å². The fraction of sp³-hybridized carbons (Fsp3) is 0.462. The van der Waals surface area contributed by atoms with Crippen molar-refractivity contribution < 1.29 is 4.79 Å². The van der Waals surface area contributed by atoms with Gasteiger partial charge in [0, 0.05) is 45.3 Å². The predicted octanol–water partition coefficient (Wildman–Crippen LogP) is 3.25. The lowest BCUT2D eigenvalue weighted by Gasteiger charge is -2.38. The van der Waals surface area contributed by atoms with Gasteiger partial charge in [-0.3, -0.25) is 14.7 Å².